The number of amides is 2. The number of halogens is 1. The molecule has 0 unspecified atom stereocenters. The maximum absolute atomic E-state index is 13.3. The van der Waals surface area contributed by atoms with Crippen LogP contribution in [0, 0.1) is 5.82 Å². The molecule has 0 atom stereocenters. The molecule has 0 aliphatic heterocycles. The van der Waals surface area contributed by atoms with Gasteiger partial charge in [0.25, 0.3) is 11.8 Å². The van der Waals surface area contributed by atoms with E-state index in [1.807, 2.05) is 6.07 Å². The fourth-order valence-corrected chi connectivity index (χ4v) is 4.42. The second kappa shape index (κ2) is 13.2. The molecule has 0 aliphatic rings. The first-order valence-electron chi connectivity index (χ1n) is 12.0. The Kier molecular flexibility index (Phi) is 9.26. The SMILES string of the molecule is COc1cccc(/C=C(\NC(=O)c2ccccc2)C(=O)Nc2cccc(SCC(=O)c3ccc(F)cc3)c2)c1. The van der Waals surface area contributed by atoms with E-state index in [0.717, 1.165) is 4.90 Å². The normalized spacial score (nSPS) is 11.0. The van der Waals surface area contributed by atoms with Crippen LogP contribution in [0.5, 0.6) is 5.75 Å². The van der Waals surface area contributed by atoms with Gasteiger partial charge in [0, 0.05) is 21.7 Å². The van der Waals surface area contributed by atoms with Crippen molar-refractivity contribution in [2.45, 2.75) is 4.90 Å². The number of thioether (sulfide) groups is 1. The summed E-state index contributed by atoms with van der Waals surface area (Å²) in [7, 11) is 1.55. The Bertz CT molecular complexity index is 1500. The number of nitrogens with one attached hydrogen (secondary N) is 2. The molecule has 4 aromatic carbocycles. The molecule has 4 aromatic rings. The summed E-state index contributed by atoms with van der Waals surface area (Å²) in [5, 5.41) is 5.53. The first kappa shape index (κ1) is 27.3. The van der Waals surface area contributed by atoms with Crippen molar-refractivity contribution in [3.63, 3.8) is 0 Å². The van der Waals surface area contributed by atoms with Gasteiger partial charge in [0.15, 0.2) is 5.78 Å². The number of methoxy groups -OCH3 is 1. The molecule has 0 aliphatic carbocycles. The third-order valence-corrected chi connectivity index (χ3v) is 6.56. The summed E-state index contributed by atoms with van der Waals surface area (Å²) in [6, 6.07) is 28.1. The highest BCUT2D eigenvalue weighted by Crippen LogP contribution is 2.23. The minimum absolute atomic E-state index is 0.0432. The highest BCUT2D eigenvalue weighted by molar-refractivity contribution is 8.00. The fraction of sp³-hybridized carbons (Fsp3) is 0.0645. The van der Waals surface area contributed by atoms with E-state index in [4.69, 9.17) is 4.74 Å². The van der Waals surface area contributed by atoms with Crippen LogP contribution in [0.25, 0.3) is 6.08 Å². The van der Waals surface area contributed by atoms with E-state index in [1.54, 1.807) is 86.0 Å². The third-order valence-electron chi connectivity index (χ3n) is 5.56. The lowest BCUT2D eigenvalue weighted by atomic mass is 10.1. The van der Waals surface area contributed by atoms with Crippen LogP contribution in [0.2, 0.25) is 0 Å². The summed E-state index contributed by atoms with van der Waals surface area (Å²) >= 11 is 1.30. The first-order valence-corrected chi connectivity index (χ1v) is 12.9. The zero-order valence-electron chi connectivity index (χ0n) is 21.0. The molecule has 196 valence electrons. The molecule has 39 heavy (non-hydrogen) atoms. The molecule has 4 rings (SSSR count). The Morgan fingerprint density at radius 1 is 0.846 bits per heavy atom. The summed E-state index contributed by atoms with van der Waals surface area (Å²) < 4.78 is 18.4. The maximum atomic E-state index is 13.3. The number of hydrogen-bond donors (Lipinski definition) is 2. The van der Waals surface area contributed by atoms with E-state index in [1.165, 1.54) is 36.0 Å². The van der Waals surface area contributed by atoms with E-state index >= 15 is 0 Å². The standard InChI is InChI=1S/C31H25FN2O4S/c1-38-26-11-5-7-21(17-26)18-28(34-30(36)23-8-3-2-4-9-23)31(37)33-25-10-6-12-27(19-25)39-20-29(35)22-13-15-24(32)16-14-22/h2-19H,20H2,1H3,(H,33,37)(H,34,36)/b28-18-. The zero-order valence-corrected chi connectivity index (χ0v) is 21.8. The van der Waals surface area contributed by atoms with Crippen LogP contribution in [0.15, 0.2) is 114 Å². The molecule has 0 saturated heterocycles. The highest BCUT2D eigenvalue weighted by Gasteiger charge is 2.16. The van der Waals surface area contributed by atoms with Gasteiger partial charge in [0.1, 0.15) is 17.3 Å². The van der Waals surface area contributed by atoms with E-state index in [9.17, 15) is 18.8 Å². The van der Waals surface area contributed by atoms with E-state index in [0.29, 0.717) is 28.1 Å². The average molecular weight is 541 g/mol. The number of ketones is 1. The lowest BCUT2D eigenvalue weighted by Crippen LogP contribution is -2.30. The molecule has 8 heteroatoms. The number of anilines is 1. The Hall–Kier alpha value is -4.69. The van der Waals surface area contributed by atoms with Gasteiger partial charge in [-0.1, -0.05) is 36.4 Å². The van der Waals surface area contributed by atoms with Crippen molar-refractivity contribution in [1.82, 2.24) is 5.32 Å². The summed E-state index contributed by atoms with van der Waals surface area (Å²) in [4.78, 5) is 39.4. The summed E-state index contributed by atoms with van der Waals surface area (Å²) in [6.07, 6.45) is 1.57. The van der Waals surface area contributed by atoms with E-state index in [-0.39, 0.29) is 17.2 Å². The van der Waals surface area contributed by atoms with E-state index in [2.05, 4.69) is 10.6 Å². The smallest absolute Gasteiger partial charge is 0.272 e. The zero-order chi connectivity index (χ0) is 27.6. The van der Waals surface area contributed by atoms with Crippen LogP contribution in [0.3, 0.4) is 0 Å². The monoisotopic (exact) mass is 540 g/mol. The molecular formula is C31H25FN2O4S. The summed E-state index contributed by atoms with van der Waals surface area (Å²) in [5.41, 5.74) is 2.03. The number of ether oxygens (including phenoxy) is 1. The molecule has 0 fully saturated rings. The van der Waals surface area contributed by atoms with Gasteiger partial charge in [-0.3, -0.25) is 14.4 Å². The topological polar surface area (TPSA) is 84.5 Å². The Morgan fingerprint density at radius 3 is 2.33 bits per heavy atom. The van der Waals surface area contributed by atoms with Gasteiger partial charge in [-0.15, -0.1) is 11.8 Å². The van der Waals surface area contributed by atoms with Gasteiger partial charge in [-0.25, -0.2) is 4.39 Å². The molecule has 0 heterocycles. The number of Topliss-reactive ketones (excluding diaryl/α,β-unsaturated/α-hetero) is 1. The lowest BCUT2D eigenvalue weighted by molar-refractivity contribution is -0.113. The van der Waals surface area contributed by atoms with Crippen LogP contribution in [0.4, 0.5) is 10.1 Å². The van der Waals surface area contributed by atoms with Crippen molar-refractivity contribution in [2.75, 3.05) is 18.2 Å². The third kappa shape index (κ3) is 7.90. The van der Waals surface area contributed by atoms with Gasteiger partial charge >= 0.3 is 0 Å². The second-order valence-corrected chi connectivity index (χ2v) is 9.40. The Morgan fingerprint density at radius 2 is 1.59 bits per heavy atom. The van der Waals surface area contributed by atoms with Crippen molar-refractivity contribution in [3.05, 3.63) is 131 Å². The van der Waals surface area contributed by atoms with Crippen molar-refractivity contribution in [2.24, 2.45) is 0 Å². The van der Waals surface area contributed by atoms with E-state index < -0.39 is 17.6 Å². The Labute approximate surface area is 229 Å². The molecule has 2 N–H and O–H groups in total. The van der Waals surface area contributed by atoms with Crippen LogP contribution in [-0.4, -0.2) is 30.5 Å². The molecule has 0 radical (unpaired) electrons. The van der Waals surface area contributed by atoms with Crippen molar-refractivity contribution >= 4 is 41.1 Å². The van der Waals surface area contributed by atoms with Gasteiger partial charge in [0.2, 0.25) is 0 Å². The van der Waals surface area contributed by atoms with Crippen molar-refractivity contribution in [3.8, 4) is 5.75 Å². The molecular weight excluding hydrogens is 515 g/mol. The predicted molar refractivity (Wildman–Crippen MR) is 151 cm³/mol. The number of carbonyl (C=O) groups is 3. The maximum Gasteiger partial charge on any atom is 0.272 e. The van der Waals surface area contributed by atoms with Gasteiger partial charge in [0.05, 0.1) is 12.9 Å². The molecule has 0 spiro atoms. The molecule has 0 bridgehead atoms. The fourth-order valence-electron chi connectivity index (χ4n) is 3.57. The van der Waals surface area contributed by atoms with Crippen LogP contribution in [-0.2, 0) is 4.79 Å². The summed E-state index contributed by atoms with van der Waals surface area (Å²) in [6.45, 7) is 0. The average Bonchev–Trinajstić information content (AvgIpc) is 2.96. The van der Waals surface area contributed by atoms with Crippen molar-refractivity contribution in [1.29, 1.82) is 0 Å². The Balaban J connectivity index is 1.50. The lowest BCUT2D eigenvalue weighted by Gasteiger charge is -2.12. The van der Waals surface area contributed by atoms with Crippen LogP contribution >= 0.6 is 11.8 Å². The minimum Gasteiger partial charge on any atom is -0.497 e. The van der Waals surface area contributed by atoms with Gasteiger partial charge < -0.3 is 15.4 Å². The molecule has 0 saturated carbocycles. The van der Waals surface area contributed by atoms with Gasteiger partial charge in [-0.2, -0.15) is 0 Å². The van der Waals surface area contributed by atoms with Gasteiger partial charge in [-0.05, 0) is 78.4 Å². The number of benzene rings is 4. The largest absolute Gasteiger partial charge is 0.497 e. The summed E-state index contributed by atoms with van der Waals surface area (Å²) in [5.74, 6) is -0.728. The highest BCUT2D eigenvalue weighted by atomic mass is 32.2. The minimum atomic E-state index is -0.522. The van der Waals surface area contributed by atoms with Crippen LogP contribution < -0.4 is 15.4 Å². The van der Waals surface area contributed by atoms with Crippen molar-refractivity contribution < 1.29 is 23.5 Å². The first-order chi connectivity index (χ1) is 18.9. The second-order valence-electron chi connectivity index (χ2n) is 8.36. The number of carbonyl (C=O) groups excluding carboxylic acids is 3. The van der Waals surface area contributed by atoms with Crippen LogP contribution in [0.1, 0.15) is 26.3 Å². The number of hydrogen-bond acceptors (Lipinski definition) is 5. The molecule has 0 aromatic heterocycles. The number of rotatable bonds is 10. The molecule has 2 amide bonds. The predicted octanol–water partition coefficient (Wildman–Crippen LogP) is 6.22. The quantitative estimate of drug-likeness (QED) is 0.142. The molecule has 6 nitrogen and oxygen atoms in total.